The lowest BCUT2D eigenvalue weighted by atomic mass is 10.1. The van der Waals surface area contributed by atoms with Gasteiger partial charge in [0.1, 0.15) is 5.82 Å². The van der Waals surface area contributed by atoms with E-state index in [0.717, 1.165) is 12.0 Å². The second-order valence-electron chi connectivity index (χ2n) is 4.54. The summed E-state index contributed by atoms with van der Waals surface area (Å²) < 4.78 is 13.0. The molecule has 0 saturated carbocycles. The summed E-state index contributed by atoms with van der Waals surface area (Å²) >= 11 is 5.89. The molecule has 1 N–H and O–H groups in total. The highest BCUT2D eigenvalue weighted by Gasteiger charge is 2.04. The molecule has 2 nitrogen and oxygen atoms in total. The minimum absolute atomic E-state index is 0.113. The summed E-state index contributed by atoms with van der Waals surface area (Å²) in [6.07, 6.45) is 0.906. The Morgan fingerprint density at radius 3 is 2.60 bits per heavy atom. The van der Waals surface area contributed by atoms with E-state index in [-0.39, 0.29) is 18.1 Å². The topological polar surface area (TPSA) is 29.1 Å². The third kappa shape index (κ3) is 4.67. The van der Waals surface area contributed by atoms with E-state index in [4.69, 9.17) is 11.6 Å². The van der Waals surface area contributed by atoms with Crippen LogP contribution in [0.5, 0.6) is 0 Å². The van der Waals surface area contributed by atoms with Crippen LogP contribution in [-0.2, 0) is 17.6 Å². The van der Waals surface area contributed by atoms with Crippen molar-refractivity contribution in [2.24, 2.45) is 0 Å². The first-order chi connectivity index (χ1) is 9.63. The van der Waals surface area contributed by atoms with Gasteiger partial charge in [-0.1, -0.05) is 35.9 Å². The van der Waals surface area contributed by atoms with E-state index in [1.165, 1.54) is 12.1 Å². The van der Waals surface area contributed by atoms with Gasteiger partial charge in [0.2, 0.25) is 5.91 Å². The van der Waals surface area contributed by atoms with Gasteiger partial charge in [-0.2, -0.15) is 0 Å². The standard InChI is InChI=1S/C16H15ClFNO/c17-14-5-1-3-12(9-14)7-8-19-16(20)11-13-4-2-6-15(18)10-13/h1-6,9-10H,7-8,11H2,(H,19,20). The number of benzene rings is 2. The van der Waals surface area contributed by atoms with Crippen LogP contribution >= 0.6 is 11.6 Å². The molecule has 2 aromatic carbocycles. The molecular weight excluding hydrogens is 277 g/mol. The van der Waals surface area contributed by atoms with Gasteiger partial charge in [-0.3, -0.25) is 4.79 Å². The van der Waals surface area contributed by atoms with Gasteiger partial charge in [-0.15, -0.1) is 0 Å². The summed E-state index contributed by atoms with van der Waals surface area (Å²) in [4.78, 5) is 11.7. The Hall–Kier alpha value is -1.87. The Morgan fingerprint density at radius 2 is 1.85 bits per heavy atom. The highest BCUT2D eigenvalue weighted by Crippen LogP contribution is 2.10. The van der Waals surface area contributed by atoms with Crippen molar-refractivity contribution < 1.29 is 9.18 Å². The Labute approximate surface area is 122 Å². The Bertz CT molecular complexity index is 601. The summed E-state index contributed by atoms with van der Waals surface area (Å²) in [6.45, 7) is 0.536. The van der Waals surface area contributed by atoms with E-state index in [0.29, 0.717) is 17.1 Å². The predicted octanol–water partition coefficient (Wildman–Crippen LogP) is 3.38. The summed E-state index contributed by atoms with van der Waals surface area (Å²) in [5.41, 5.74) is 1.74. The minimum atomic E-state index is -0.325. The fraction of sp³-hybridized carbons (Fsp3) is 0.188. The lowest BCUT2D eigenvalue weighted by Crippen LogP contribution is -2.27. The molecule has 0 aliphatic carbocycles. The lowest BCUT2D eigenvalue weighted by molar-refractivity contribution is -0.120. The van der Waals surface area contributed by atoms with Gasteiger partial charge in [0.25, 0.3) is 0 Å². The van der Waals surface area contributed by atoms with Crippen molar-refractivity contribution in [2.75, 3.05) is 6.54 Å². The zero-order chi connectivity index (χ0) is 14.4. The lowest BCUT2D eigenvalue weighted by Gasteiger charge is -2.06. The minimum Gasteiger partial charge on any atom is -0.355 e. The van der Waals surface area contributed by atoms with Gasteiger partial charge in [0.15, 0.2) is 0 Å². The molecule has 0 aliphatic rings. The number of carbonyl (C=O) groups excluding carboxylic acids is 1. The number of hydrogen-bond donors (Lipinski definition) is 1. The third-order valence-electron chi connectivity index (χ3n) is 2.88. The zero-order valence-corrected chi connectivity index (χ0v) is 11.7. The van der Waals surface area contributed by atoms with Gasteiger partial charge in [0, 0.05) is 11.6 Å². The van der Waals surface area contributed by atoms with Crippen molar-refractivity contribution in [3.63, 3.8) is 0 Å². The van der Waals surface area contributed by atoms with Gasteiger partial charge < -0.3 is 5.32 Å². The molecule has 0 aliphatic heterocycles. The SMILES string of the molecule is O=C(Cc1cccc(F)c1)NCCc1cccc(Cl)c1. The largest absolute Gasteiger partial charge is 0.355 e. The van der Waals surface area contributed by atoms with E-state index >= 15 is 0 Å². The molecule has 0 heterocycles. The molecule has 0 bridgehead atoms. The van der Waals surface area contributed by atoms with E-state index in [2.05, 4.69) is 5.32 Å². The van der Waals surface area contributed by atoms with Crippen molar-refractivity contribution >= 4 is 17.5 Å². The highest BCUT2D eigenvalue weighted by molar-refractivity contribution is 6.30. The molecule has 0 saturated heterocycles. The first-order valence-electron chi connectivity index (χ1n) is 6.39. The van der Waals surface area contributed by atoms with Crippen molar-refractivity contribution in [1.82, 2.24) is 5.32 Å². The van der Waals surface area contributed by atoms with E-state index in [1.54, 1.807) is 12.1 Å². The van der Waals surface area contributed by atoms with Crippen LogP contribution in [0.3, 0.4) is 0 Å². The summed E-state index contributed by atoms with van der Waals surface area (Å²) in [5, 5.41) is 3.50. The van der Waals surface area contributed by atoms with Crippen LogP contribution in [0.25, 0.3) is 0 Å². The molecule has 0 spiro atoms. The summed E-state index contributed by atoms with van der Waals surface area (Å²) in [6, 6.07) is 13.6. The summed E-state index contributed by atoms with van der Waals surface area (Å²) in [7, 11) is 0. The van der Waals surface area contributed by atoms with Gasteiger partial charge in [-0.05, 0) is 41.8 Å². The molecule has 1 amide bonds. The van der Waals surface area contributed by atoms with Gasteiger partial charge in [0.05, 0.1) is 6.42 Å². The molecule has 0 radical (unpaired) electrons. The van der Waals surface area contributed by atoms with Crippen molar-refractivity contribution in [3.8, 4) is 0 Å². The molecule has 0 unspecified atom stereocenters. The maximum atomic E-state index is 13.0. The highest BCUT2D eigenvalue weighted by atomic mass is 35.5. The quantitative estimate of drug-likeness (QED) is 0.899. The predicted molar refractivity (Wildman–Crippen MR) is 78.3 cm³/mol. The van der Waals surface area contributed by atoms with Gasteiger partial charge in [-0.25, -0.2) is 4.39 Å². The smallest absolute Gasteiger partial charge is 0.224 e. The van der Waals surface area contributed by atoms with Crippen LogP contribution < -0.4 is 5.32 Å². The average molecular weight is 292 g/mol. The molecule has 0 atom stereocenters. The number of hydrogen-bond acceptors (Lipinski definition) is 1. The number of carbonyl (C=O) groups is 1. The fourth-order valence-electron chi connectivity index (χ4n) is 1.93. The first kappa shape index (κ1) is 14.5. The molecular formula is C16H15ClFNO. The van der Waals surface area contributed by atoms with Crippen LogP contribution in [0.1, 0.15) is 11.1 Å². The van der Waals surface area contributed by atoms with Crippen LogP contribution in [0.4, 0.5) is 4.39 Å². The molecule has 2 aromatic rings. The van der Waals surface area contributed by atoms with Crippen LogP contribution in [0.2, 0.25) is 5.02 Å². The maximum absolute atomic E-state index is 13.0. The Balaban J connectivity index is 1.78. The van der Waals surface area contributed by atoms with Crippen molar-refractivity contribution in [3.05, 3.63) is 70.5 Å². The van der Waals surface area contributed by atoms with Crippen LogP contribution in [0, 0.1) is 5.82 Å². The number of rotatable bonds is 5. The zero-order valence-electron chi connectivity index (χ0n) is 10.9. The molecule has 104 valence electrons. The van der Waals surface area contributed by atoms with Crippen molar-refractivity contribution in [1.29, 1.82) is 0 Å². The van der Waals surface area contributed by atoms with Crippen LogP contribution in [0.15, 0.2) is 48.5 Å². The van der Waals surface area contributed by atoms with E-state index in [1.807, 2.05) is 24.3 Å². The van der Waals surface area contributed by atoms with Gasteiger partial charge >= 0.3 is 0 Å². The van der Waals surface area contributed by atoms with Crippen LogP contribution in [-0.4, -0.2) is 12.5 Å². The Kier molecular flexibility index (Phi) is 5.13. The molecule has 20 heavy (non-hydrogen) atoms. The normalized spacial score (nSPS) is 10.3. The summed E-state index contributed by atoms with van der Waals surface area (Å²) in [5.74, 6) is -0.438. The maximum Gasteiger partial charge on any atom is 0.224 e. The Morgan fingerprint density at radius 1 is 1.10 bits per heavy atom. The van der Waals surface area contributed by atoms with E-state index in [9.17, 15) is 9.18 Å². The number of halogens is 2. The molecule has 0 fully saturated rings. The molecule has 4 heteroatoms. The number of nitrogens with one attached hydrogen (secondary N) is 1. The molecule has 0 aromatic heterocycles. The fourth-order valence-corrected chi connectivity index (χ4v) is 2.15. The average Bonchev–Trinajstić information content (AvgIpc) is 2.38. The van der Waals surface area contributed by atoms with E-state index < -0.39 is 0 Å². The van der Waals surface area contributed by atoms with Crippen molar-refractivity contribution in [2.45, 2.75) is 12.8 Å². The first-order valence-corrected chi connectivity index (χ1v) is 6.77. The number of amides is 1. The monoisotopic (exact) mass is 291 g/mol. The second-order valence-corrected chi connectivity index (χ2v) is 4.97. The second kappa shape index (κ2) is 7.06. The molecule has 2 rings (SSSR count). The third-order valence-corrected chi connectivity index (χ3v) is 3.11.